The van der Waals surface area contributed by atoms with Crippen LogP contribution >= 0.6 is 0 Å². The van der Waals surface area contributed by atoms with Gasteiger partial charge >= 0.3 is 12.0 Å². The smallest absolute Gasteiger partial charge is 0.329 e. The Hall–Kier alpha value is -2.24. The number of carbonyl (C=O) groups excluding carboxylic acids is 1. The van der Waals surface area contributed by atoms with E-state index in [-0.39, 0.29) is 0 Å². The molecule has 1 aromatic rings. The number of methoxy groups -OCH3 is 1. The van der Waals surface area contributed by atoms with Crippen LogP contribution in [0.4, 0.5) is 4.79 Å². The number of hydrogen-bond donors (Lipinski definition) is 3. The zero-order chi connectivity index (χ0) is 14.6. The Balaban J connectivity index is 1.87. The molecule has 1 saturated carbocycles. The van der Waals surface area contributed by atoms with Crippen LogP contribution in [-0.2, 0) is 11.3 Å². The van der Waals surface area contributed by atoms with Gasteiger partial charge < -0.3 is 20.5 Å². The highest BCUT2D eigenvalue weighted by molar-refractivity contribution is 5.87. The zero-order valence-corrected chi connectivity index (χ0v) is 11.3. The summed E-state index contributed by atoms with van der Waals surface area (Å²) in [6.07, 6.45) is 1.78. The van der Waals surface area contributed by atoms with Gasteiger partial charge in [0.2, 0.25) is 0 Å². The molecule has 6 nitrogen and oxygen atoms in total. The van der Waals surface area contributed by atoms with Gasteiger partial charge in [-0.3, -0.25) is 0 Å². The minimum absolute atomic E-state index is 0.318. The topological polar surface area (TPSA) is 87.7 Å². The molecule has 0 atom stereocenters. The molecule has 0 aromatic heterocycles. The van der Waals surface area contributed by atoms with E-state index < -0.39 is 17.5 Å². The monoisotopic (exact) mass is 278 g/mol. The van der Waals surface area contributed by atoms with Gasteiger partial charge in [0.25, 0.3) is 0 Å². The molecule has 1 aliphatic carbocycles. The quantitative estimate of drug-likeness (QED) is 0.761. The second-order valence-electron chi connectivity index (χ2n) is 4.90. The first-order valence-corrected chi connectivity index (χ1v) is 6.48. The lowest BCUT2D eigenvalue weighted by Crippen LogP contribution is -2.61. The lowest BCUT2D eigenvalue weighted by molar-refractivity contribution is -0.148. The molecule has 0 radical (unpaired) electrons. The van der Waals surface area contributed by atoms with E-state index in [9.17, 15) is 9.59 Å². The van der Waals surface area contributed by atoms with Crippen molar-refractivity contribution in [3.05, 3.63) is 29.8 Å². The van der Waals surface area contributed by atoms with Crippen molar-refractivity contribution in [2.45, 2.75) is 31.3 Å². The van der Waals surface area contributed by atoms with Crippen molar-refractivity contribution in [1.82, 2.24) is 10.6 Å². The van der Waals surface area contributed by atoms with Gasteiger partial charge in [-0.15, -0.1) is 0 Å². The van der Waals surface area contributed by atoms with E-state index in [1.54, 1.807) is 7.11 Å². The van der Waals surface area contributed by atoms with Gasteiger partial charge in [-0.1, -0.05) is 12.1 Å². The minimum atomic E-state index is -1.08. The highest BCUT2D eigenvalue weighted by Crippen LogP contribution is 2.31. The Bertz CT molecular complexity index is 512. The maximum absolute atomic E-state index is 11.8. The second-order valence-corrected chi connectivity index (χ2v) is 4.90. The third-order valence-electron chi connectivity index (χ3n) is 3.56. The predicted molar refractivity (Wildman–Crippen MR) is 72.6 cm³/mol. The summed E-state index contributed by atoms with van der Waals surface area (Å²) in [6, 6.07) is 6.86. The first kappa shape index (κ1) is 14.2. The van der Waals surface area contributed by atoms with Crippen LogP contribution in [0.1, 0.15) is 24.8 Å². The molecule has 1 fully saturated rings. The van der Waals surface area contributed by atoms with E-state index in [1.807, 2.05) is 24.3 Å². The number of ether oxygens (including phenoxy) is 1. The third-order valence-corrected chi connectivity index (χ3v) is 3.56. The summed E-state index contributed by atoms with van der Waals surface area (Å²) in [5.41, 5.74) is -0.198. The number of carboxylic acid groups (broad SMARTS) is 1. The van der Waals surface area contributed by atoms with Crippen LogP contribution in [0.3, 0.4) is 0 Å². The molecule has 108 valence electrons. The van der Waals surface area contributed by atoms with E-state index in [2.05, 4.69) is 10.6 Å². The SMILES string of the molecule is COc1cccc(CNC(=O)NC2(C(=O)O)CCC2)c1. The van der Waals surface area contributed by atoms with Crippen molar-refractivity contribution in [1.29, 1.82) is 0 Å². The Morgan fingerprint density at radius 3 is 2.70 bits per heavy atom. The molecule has 0 spiro atoms. The van der Waals surface area contributed by atoms with Gasteiger partial charge in [0, 0.05) is 6.54 Å². The van der Waals surface area contributed by atoms with Crippen molar-refractivity contribution in [3.8, 4) is 5.75 Å². The molecule has 20 heavy (non-hydrogen) atoms. The van der Waals surface area contributed by atoms with Crippen LogP contribution < -0.4 is 15.4 Å². The number of rotatable bonds is 5. The summed E-state index contributed by atoms with van der Waals surface area (Å²) < 4.78 is 5.09. The Kier molecular flexibility index (Phi) is 4.12. The molecule has 2 amide bonds. The predicted octanol–water partition coefficient (Wildman–Crippen LogP) is 1.50. The van der Waals surface area contributed by atoms with Crippen molar-refractivity contribution < 1.29 is 19.4 Å². The minimum Gasteiger partial charge on any atom is -0.497 e. The highest BCUT2D eigenvalue weighted by Gasteiger charge is 2.45. The van der Waals surface area contributed by atoms with E-state index in [0.29, 0.717) is 25.1 Å². The van der Waals surface area contributed by atoms with Gasteiger partial charge in [0.1, 0.15) is 11.3 Å². The molecular weight excluding hydrogens is 260 g/mol. The van der Waals surface area contributed by atoms with Crippen molar-refractivity contribution in [3.63, 3.8) is 0 Å². The molecule has 2 rings (SSSR count). The average Bonchev–Trinajstić information content (AvgIpc) is 2.40. The van der Waals surface area contributed by atoms with Crippen molar-refractivity contribution >= 4 is 12.0 Å². The fourth-order valence-corrected chi connectivity index (χ4v) is 2.15. The normalized spacial score (nSPS) is 15.8. The number of aliphatic carboxylic acids is 1. The first-order chi connectivity index (χ1) is 9.55. The molecule has 6 heteroatoms. The lowest BCUT2D eigenvalue weighted by Gasteiger charge is -2.38. The molecule has 0 bridgehead atoms. The van der Waals surface area contributed by atoms with Gasteiger partial charge in [0.05, 0.1) is 7.11 Å². The van der Waals surface area contributed by atoms with Gasteiger partial charge in [-0.25, -0.2) is 9.59 Å². The van der Waals surface area contributed by atoms with Crippen molar-refractivity contribution in [2.24, 2.45) is 0 Å². The Morgan fingerprint density at radius 2 is 2.15 bits per heavy atom. The van der Waals surface area contributed by atoms with Crippen LogP contribution in [0.2, 0.25) is 0 Å². The maximum atomic E-state index is 11.8. The number of amides is 2. The first-order valence-electron chi connectivity index (χ1n) is 6.48. The van der Waals surface area contributed by atoms with Crippen LogP contribution in [0, 0.1) is 0 Å². The molecule has 1 aliphatic rings. The largest absolute Gasteiger partial charge is 0.497 e. The van der Waals surface area contributed by atoms with Gasteiger partial charge in [-0.2, -0.15) is 0 Å². The average molecular weight is 278 g/mol. The van der Waals surface area contributed by atoms with Crippen LogP contribution in [-0.4, -0.2) is 29.8 Å². The fraction of sp³-hybridized carbons (Fsp3) is 0.429. The summed E-state index contributed by atoms with van der Waals surface area (Å²) in [6.45, 7) is 0.318. The van der Waals surface area contributed by atoms with Crippen molar-refractivity contribution in [2.75, 3.05) is 7.11 Å². The molecule has 0 aliphatic heterocycles. The standard InChI is InChI=1S/C14H18N2O4/c1-20-11-5-2-4-10(8-11)9-15-13(19)16-14(12(17)18)6-3-7-14/h2,4-5,8H,3,6-7,9H2,1H3,(H,17,18)(H2,15,16,19). The van der Waals surface area contributed by atoms with E-state index in [0.717, 1.165) is 12.0 Å². The number of carboxylic acids is 1. The lowest BCUT2D eigenvalue weighted by atomic mass is 9.77. The van der Waals surface area contributed by atoms with E-state index >= 15 is 0 Å². The van der Waals surface area contributed by atoms with Gasteiger partial charge in [0.15, 0.2) is 0 Å². The number of urea groups is 1. The molecule has 3 N–H and O–H groups in total. The van der Waals surface area contributed by atoms with E-state index in [1.165, 1.54) is 0 Å². The Morgan fingerprint density at radius 1 is 1.40 bits per heavy atom. The van der Waals surface area contributed by atoms with Crippen LogP contribution in [0.5, 0.6) is 5.75 Å². The summed E-state index contributed by atoms with van der Waals surface area (Å²) >= 11 is 0. The number of carbonyl (C=O) groups is 2. The summed E-state index contributed by atoms with van der Waals surface area (Å²) in [7, 11) is 1.58. The number of benzene rings is 1. The molecular formula is C14H18N2O4. The third kappa shape index (κ3) is 3.01. The number of nitrogens with one attached hydrogen (secondary N) is 2. The number of hydrogen-bond acceptors (Lipinski definition) is 3. The second kappa shape index (κ2) is 5.81. The molecule has 0 heterocycles. The van der Waals surface area contributed by atoms with E-state index in [4.69, 9.17) is 9.84 Å². The molecule has 0 saturated heterocycles. The summed E-state index contributed by atoms with van der Waals surface area (Å²) in [5.74, 6) is -0.258. The van der Waals surface area contributed by atoms with Gasteiger partial charge in [-0.05, 0) is 37.0 Å². The molecule has 0 unspecified atom stereocenters. The maximum Gasteiger partial charge on any atom is 0.329 e. The zero-order valence-electron chi connectivity index (χ0n) is 11.3. The molecule has 1 aromatic carbocycles. The highest BCUT2D eigenvalue weighted by atomic mass is 16.5. The summed E-state index contributed by atoms with van der Waals surface area (Å²) in [5, 5.41) is 14.3. The van der Waals surface area contributed by atoms with Crippen LogP contribution in [0.25, 0.3) is 0 Å². The fourth-order valence-electron chi connectivity index (χ4n) is 2.15. The summed E-state index contributed by atoms with van der Waals surface area (Å²) in [4.78, 5) is 22.9. The Labute approximate surface area is 117 Å². The van der Waals surface area contributed by atoms with Crippen LogP contribution in [0.15, 0.2) is 24.3 Å².